The van der Waals surface area contributed by atoms with Crippen LogP contribution in [0.5, 0.6) is 17.2 Å². The van der Waals surface area contributed by atoms with E-state index < -0.39 is 17.6 Å². The van der Waals surface area contributed by atoms with Gasteiger partial charge in [-0.15, -0.1) is 0 Å². The molecule has 0 spiro atoms. The first-order valence-electron chi connectivity index (χ1n) is 10.7. The summed E-state index contributed by atoms with van der Waals surface area (Å²) in [7, 11) is 3.04. The van der Waals surface area contributed by atoms with E-state index in [1.54, 1.807) is 50.3 Å². The highest BCUT2D eigenvalue weighted by molar-refractivity contribution is 7.07. The van der Waals surface area contributed by atoms with Gasteiger partial charge in [0.2, 0.25) is 0 Å². The summed E-state index contributed by atoms with van der Waals surface area (Å²) in [4.78, 5) is 31.7. The van der Waals surface area contributed by atoms with Crippen molar-refractivity contribution in [2.24, 2.45) is 4.99 Å². The topological polar surface area (TPSA) is 99.4 Å². The van der Waals surface area contributed by atoms with E-state index in [1.165, 1.54) is 24.9 Å². The fourth-order valence-corrected chi connectivity index (χ4v) is 5.14. The van der Waals surface area contributed by atoms with Crippen LogP contribution < -0.4 is 24.4 Å². The summed E-state index contributed by atoms with van der Waals surface area (Å²) in [6, 6.07) is 8.87. The normalized spacial score (nSPS) is 15.5. The van der Waals surface area contributed by atoms with E-state index in [9.17, 15) is 14.7 Å². The van der Waals surface area contributed by atoms with Crippen LogP contribution >= 0.6 is 22.9 Å². The largest absolute Gasteiger partial charge is 0.507 e. The second kappa shape index (κ2) is 9.97. The molecule has 1 aromatic heterocycles. The van der Waals surface area contributed by atoms with Crippen LogP contribution in [0, 0.1) is 0 Å². The molecule has 0 radical (unpaired) electrons. The molecule has 0 saturated heterocycles. The highest BCUT2D eigenvalue weighted by Crippen LogP contribution is 2.37. The Kier molecular flexibility index (Phi) is 7.00. The summed E-state index contributed by atoms with van der Waals surface area (Å²) in [5, 5.41) is 10.7. The predicted molar refractivity (Wildman–Crippen MR) is 133 cm³/mol. The fraction of sp³-hybridized carbons (Fsp3) is 0.240. The Hall–Kier alpha value is -3.56. The van der Waals surface area contributed by atoms with E-state index in [1.807, 2.05) is 0 Å². The number of carbonyl (C=O) groups excluding carboxylic acids is 1. The zero-order chi connectivity index (χ0) is 25.3. The van der Waals surface area contributed by atoms with Gasteiger partial charge in [-0.25, -0.2) is 9.79 Å². The van der Waals surface area contributed by atoms with E-state index in [0.717, 1.165) is 11.3 Å². The Bertz CT molecular complexity index is 1520. The zero-order valence-corrected chi connectivity index (χ0v) is 21.1. The number of benzene rings is 2. The Morgan fingerprint density at radius 3 is 2.69 bits per heavy atom. The fourth-order valence-electron chi connectivity index (χ4n) is 3.92. The first kappa shape index (κ1) is 24.6. The number of aromatic nitrogens is 1. The first-order valence-corrected chi connectivity index (χ1v) is 11.9. The Balaban J connectivity index is 2.04. The van der Waals surface area contributed by atoms with Crippen LogP contribution in [0.4, 0.5) is 0 Å². The molecule has 1 N–H and O–H groups in total. The number of methoxy groups -OCH3 is 2. The number of phenolic OH excluding ortho intramolecular Hbond substituents is 1. The van der Waals surface area contributed by atoms with Gasteiger partial charge in [0, 0.05) is 16.1 Å². The molecule has 2 heterocycles. The molecule has 0 fully saturated rings. The Labute approximate surface area is 210 Å². The van der Waals surface area contributed by atoms with Crippen molar-refractivity contribution in [1.82, 2.24) is 4.57 Å². The van der Waals surface area contributed by atoms with Crippen molar-refractivity contribution in [3.8, 4) is 17.2 Å². The zero-order valence-electron chi connectivity index (χ0n) is 19.5. The molecule has 0 unspecified atom stereocenters. The molecule has 1 atom stereocenters. The average Bonchev–Trinajstić information content (AvgIpc) is 3.14. The number of thiazole rings is 1. The van der Waals surface area contributed by atoms with Crippen molar-refractivity contribution in [3.63, 3.8) is 0 Å². The van der Waals surface area contributed by atoms with Crippen LogP contribution in [-0.2, 0) is 9.53 Å². The summed E-state index contributed by atoms with van der Waals surface area (Å²) in [6.45, 7) is 3.57. The van der Waals surface area contributed by atoms with E-state index >= 15 is 0 Å². The molecule has 2 aromatic carbocycles. The number of allylic oxidation sites excluding steroid dienone is 1. The smallest absolute Gasteiger partial charge is 0.338 e. The molecule has 4 rings (SSSR count). The lowest BCUT2D eigenvalue weighted by atomic mass is 9.94. The SMILES string of the molecule is CCOC(=O)C1=C(C)N=c2s/c(=C\c3cc(Cl)ccc3O)c(=O)n2[C@H]1c1cc(OC)ccc1OC. The average molecular weight is 515 g/mol. The van der Waals surface area contributed by atoms with Gasteiger partial charge in [-0.05, 0) is 56.3 Å². The molecule has 0 aliphatic carbocycles. The van der Waals surface area contributed by atoms with Gasteiger partial charge in [-0.1, -0.05) is 22.9 Å². The standard InChI is InChI=1S/C25H23ClN2O6S/c1-5-34-24(31)21-13(2)27-25-28(22(21)17-12-16(32-3)7-9-19(17)33-4)23(30)20(35-25)11-14-10-15(26)6-8-18(14)29/h6-12,22,29H,5H2,1-4H3/b20-11-/t22-/m0/s1. The van der Waals surface area contributed by atoms with Gasteiger partial charge in [-0.2, -0.15) is 0 Å². The Morgan fingerprint density at radius 2 is 2.00 bits per heavy atom. The van der Waals surface area contributed by atoms with Gasteiger partial charge < -0.3 is 19.3 Å². The number of nitrogens with zero attached hydrogens (tertiary/aromatic N) is 2. The molecule has 8 nitrogen and oxygen atoms in total. The number of rotatable bonds is 6. The van der Waals surface area contributed by atoms with Gasteiger partial charge >= 0.3 is 5.97 Å². The van der Waals surface area contributed by atoms with Gasteiger partial charge in [0.25, 0.3) is 5.56 Å². The molecule has 0 bridgehead atoms. The second-order valence-electron chi connectivity index (χ2n) is 7.61. The number of aromatic hydroxyl groups is 1. The van der Waals surface area contributed by atoms with Gasteiger partial charge in [0.15, 0.2) is 4.80 Å². The summed E-state index contributed by atoms with van der Waals surface area (Å²) < 4.78 is 18.1. The van der Waals surface area contributed by atoms with E-state index in [0.29, 0.717) is 42.7 Å². The van der Waals surface area contributed by atoms with E-state index in [2.05, 4.69) is 4.99 Å². The van der Waals surface area contributed by atoms with Gasteiger partial charge in [0.1, 0.15) is 23.3 Å². The molecule has 1 aliphatic heterocycles. The third kappa shape index (κ3) is 4.56. The van der Waals surface area contributed by atoms with Crippen molar-refractivity contribution < 1.29 is 24.1 Å². The lowest BCUT2D eigenvalue weighted by Gasteiger charge is -2.26. The number of hydrogen-bond acceptors (Lipinski definition) is 8. The number of esters is 1. The summed E-state index contributed by atoms with van der Waals surface area (Å²) in [6.07, 6.45) is 1.55. The minimum Gasteiger partial charge on any atom is -0.507 e. The lowest BCUT2D eigenvalue weighted by Crippen LogP contribution is -2.40. The van der Waals surface area contributed by atoms with E-state index in [4.69, 9.17) is 25.8 Å². The van der Waals surface area contributed by atoms with Gasteiger partial charge in [-0.3, -0.25) is 9.36 Å². The molecule has 1 aliphatic rings. The minimum absolute atomic E-state index is 0.0188. The molecule has 0 saturated carbocycles. The molecule has 0 amide bonds. The van der Waals surface area contributed by atoms with Crippen molar-refractivity contribution in [3.05, 3.63) is 83.5 Å². The second-order valence-corrected chi connectivity index (χ2v) is 9.06. The Morgan fingerprint density at radius 1 is 1.23 bits per heavy atom. The number of carbonyl (C=O) groups is 1. The third-order valence-electron chi connectivity index (χ3n) is 5.52. The molecule has 182 valence electrons. The summed E-state index contributed by atoms with van der Waals surface area (Å²) in [5.41, 5.74) is 1.19. The van der Waals surface area contributed by atoms with Crippen molar-refractivity contribution in [2.45, 2.75) is 19.9 Å². The van der Waals surface area contributed by atoms with Crippen LogP contribution in [0.3, 0.4) is 0 Å². The molecule has 3 aromatic rings. The van der Waals surface area contributed by atoms with E-state index in [-0.39, 0.29) is 17.9 Å². The number of ether oxygens (including phenoxy) is 3. The molecular formula is C25H23ClN2O6S. The van der Waals surface area contributed by atoms with Crippen molar-refractivity contribution >= 4 is 35.0 Å². The molecule has 10 heteroatoms. The number of halogens is 1. The van der Waals surface area contributed by atoms with Crippen LogP contribution in [0.1, 0.15) is 31.0 Å². The molecule has 35 heavy (non-hydrogen) atoms. The maximum absolute atomic E-state index is 13.7. The number of hydrogen-bond donors (Lipinski definition) is 1. The summed E-state index contributed by atoms with van der Waals surface area (Å²) >= 11 is 7.22. The minimum atomic E-state index is -0.870. The summed E-state index contributed by atoms with van der Waals surface area (Å²) in [5.74, 6) is 0.402. The number of fused-ring (bicyclic) bond motifs is 1. The van der Waals surface area contributed by atoms with Crippen LogP contribution in [-0.4, -0.2) is 36.5 Å². The first-order chi connectivity index (χ1) is 16.8. The monoisotopic (exact) mass is 514 g/mol. The van der Waals surface area contributed by atoms with Gasteiger partial charge in [0.05, 0.1) is 36.6 Å². The quantitative estimate of drug-likeness (QED) is 0.507. The van der Waals surface area contributed by atoms with Crippen LogP contribution in [0.15, 0.2) is 57.5 Å². The van der Waals surface area contributed by atoms with Crippen LogP contribution in [0.25, 0.3) is 6.08 Å². The maximum Gasteiger partial charge on any atom is 0.338 e. The van der Waals surface area contributed by atoms with Crippen molar-refractivity contribution in [2.75, 3.05) is 20.8 Å². The lowest BCUT2D eigenvalue weighted by molar-refractivity contribution is -0.139. The third-order valence-corrected chi connectivity index (χ3v) is 6.74. The number of phenols is 1. The maximum atomic E-state index is 13.7. The highest BCUT2D eigenvalue weighted by atomic mass is 35.5. The van der Waals surface area contributed by atoms with Crippen molar-refractivity contribution in [1.29, 1.82) is 0 Å². The van der Waals surface area contributed by atoms with Crippen LogP contribution in [0.2, 0.25) is 5.02 Å². The predicted octanol–water partition coefficient (Wildman–Crippen LogP) is 3.17. The molecular weight excluding hydrogens is 492 g/mol. The highest BCUT2D eigenvalue weighted by Gasteiger charge is 2.35.